The number of nitrogens with one attached hydrogen (secondary N) is 1. The van der Waals surface area contributed by atoms with E-state index in [0.717, 1.165) is 63.7 Å². The minimum atomic E-state index is 0.844. The molecule has 0 fully saturated rings. The number of fused-ring (bicyclic) bond motifs is 2. The fourth-order valence-electron chi connectivity index (χ4n) is 3.79. The average Bonchev–Trinajstić information content (AvgIpc) is 3.52. The Kier molecular flexibility index (Phi) is 3.53. The van der Waals surface area contributed by atoms with E-state index in [1.165, 1.54) is 0 Å². The van der Waals surface area contributed by atoms with Crippen molar-refractivity contribution in [2.75, 3.05) is 13.1 Å². The van der Waals surface area contributed by atoms with Gasteiger partial charge in [0, 0.05) is 41.0 Å². The lowest BCUT2D eigenvalue weighted by Crippen LogP contribution is -2.19. The van der Waals surface area contributed by atoms with Gasteiger partial charge in [-0.3, -0.25) is 4.99 Å². The molecule has 5 heteroatoms. The zero-order valence-corrected chi connectivity index (χ0v) is 15.7. The highest BCUT2D eigenvalue weighted by Crippen LogP contribution is 2.29. The molecular formula is C24H18N4O. The summed E-state index contributed by atoms with van der Waals surface area (Å²) < 4.78 is 8.06. The Morgan fingerprint density at radius 3 is 2.52 bits per heavy atom. The zero-order valence-electron chi connectivity index (χ0n) is 15.7. The van der Waals surface area contributed by atoms with E-state index in [1.54, 1.807) is 0 Å². The number of rotatable bonds is 3. The van der Waals surface area contributed by atoms with Crippen molar-refractivity contribution in [2.45, 2.75) is 0 Å². The molecule has 4 heterocycles. The van der Waals surface area contributed by atoms with Crippen LogP contribution in [0.15, 0.2) is 88.5 Å². The van der Waals surface area contributed by atoms with Crippen LogP contribution < -0.4 is 5.32 Å². The monoisotopic (exact) mass is 378 g/mol. The van der Waals surface area contributed by atoms with Gasteiger partial charge in [-0.2, -0.15) is 0 Å². The minimum Gasteiger partial charge on any atom is -0.456 e. The second-order valence-corrected chi connectivity index (χ2v) is 7.19. The van der Waals surface area contributed by atoms with Crippen molar-refractivity contribution in [1.82, 2.24) is 14.7 Å². The Hall–Kier alpha value is -3.86. The maximum atomic E-state index is 6.01. The number of nitrogens with zero attached hydrogens (tertiary/aromatic N) is 3. The lowest BCUT2D eigenvalue weighted by atomic mass is 10.1. The van der Waals surface area contributed by atoms with Gasteiger partial charge in [-0.25, -0.2) is 4.98 Å². The standard InChI is InChI=1S/C24H18N4O/c1-2-4-21-18(3-1)13-22(29-21)19-9-10-23-27-20(15-28(23)14-19)16-5-7-17(8-6-16)24-25-11-12-26-24/h1-10,13-15H,11-12H2,(H,25,26). The molecule has 0 amide bonds. The van der Waals surface area contributed by atoms with Crippen molar-refractivity contribution in [1.29, 1.82) is 0 Å². The van der Waals surface area contributed by atoms with Gasteiger partial charge in [0.05, 0.1) is 12.2 Å². The van der Waals surface area contributed by atoms with Gasteiger partial charge in [-0.1, -0.05) is 42.5 Å². The van der Waals surface area contributed by atoms with Crippen LogP contribution in [0, 0.1) is 0 Å². The first kappa shape index (κ1) is 16.1. The normalized spacial score (nSPS) is 13.7. The lowest BCUT2D eigenvalue weighted by molar-refractivity contribution is 0.631. The third-order valence-corrected chi connectivity index (χ3v) is 5.29. The Morgan fingerprint density at radius 2 is 1.69 bits per heavy atom. The number of aliphatic imine (C=N–C) groups is 1. The van der Waals surface area contributed by atoms with Gasteiger partial charge in [0.25, 0.3) is 0 Å². The summed E-state index contributed by atoms with van der Waals surface area (Å²) in [5.41, 5.74) is 5.97. The van der Waals surface area contributed by atoms with Crippen LogP contribution in [0.1, 0.15) is 5.56 Å². The van der Waals surface area contributed by atoms with E-state index in [0.29, 0.717) is 0 Å². The van der Waals surface area contributed by atoms with E-state index in [4.69, 9.17) is 9.40 Å². The molecule has 0 aliphatic carbocycles. The second-order valence-electron chi connectivity index (χ2n) is 7.19. The third-order valence-electron chi connectivity index (χ3n) is 5.29. The topological polar surface area (TPSA) is 54.8 Å². The highest BCUT2D eigenvalue weighted by molar-refractivity contribution is 6.00. The van der Waals surface area contributed by atoms with E-state index >= 15 is 0 Å². The zero-order chi connectivity index (χ0) is 19.2. The lowest BCUT2D eigenvalue weighted by Gasteiger charge is -2.03. The summed E-state index contributed by atoms with van der Waals surface area (Å²) >= 11 is 0. The molecule has 6 rings (SSSR count). The van der Waals surface area contributed by atoms with Gasteiger partial charge in [-0.05, 0) is 24.3 Å². The summed E-state index contributed by atoms with van der Waals surface area (Å²) in [6.07, 6.45) is 4.12. The molecular weight excluding hydrogens is 360 g/mol. The number of furan rings is 1. The molecule has 0 saturated carbocycles. The van der Waals surface area contributed by atoms with Crippen molar-refractivity contribution in [2.24, 2.45) is 4.99 Å². The van der Waals surface area contributed by atoms with E-state index < -0.39 is 0 Å². The molecule has 29 heavy (non-hydrogen) atoms. The van der Waals surface area contributed by atoms with Gasteiger partial charge in [0.15, 0.2) is 0 Å². The fraction of sp³-hybridized carbons (Fsp3) is 0.0833. The number of hydrogen-bond acceptors (Lipinski definition) is 4. The molecule has 0 saturated heterocycles. The van der Waals surface area contributed by atoms with Gasteiger partial charge >= 0.3 is 0 Å². The number of amidine groups is 1. The van der Waals surface area contributed by atoms with Crippen molar-refractivity contribution in [3.63, 3.8) is 0 Å². The quantitative estimate of drug-likeness (QED) is 0.492. The first-order chi connectivity index (χ1) is 14.3. The summed E-state index contributed by atoms with van der Waals surface area (Å²) in [5, 5.41) is 4.41. The third kappa shape index (κ3) is 2.79. The molecule has 140 valence electrons. The Labute approximate surface area is 167 Å². The molecule has 3 aromatic heterocycles. The maximum Gasteiger partial charge on any atom is 0.137 e. The van der Waals surface area contributed by atoms with Crippen LogP contribution in [0.4, 0.5) is 0 Å². The van der Waals surface area contributed by atoms with Crippen LogP contribution >= 0.6 is 0 Å². The Morgan fingerprint density at radius 1 is 0.862 bits per heavy atom. The van der Waals surface area contributed by atoms with Crippen molar-refractivity contribution < 1.29 is 4.42 Å². The molecule has 0 spiro atoms. The number of benzene rings is 2. The van der Waals surface area contributed by atoms with Crippen molar-refractivity contribution in [3.8, 4) is 22.6 Å². The summed E-state index contributed by atoms with van der Waals surface area (Å²) in [5.74, 6) is 1.83. The highest BCUT2D eigenvalue weighted by Gasteiger charge is 2.11. The summed E-state index contributed by atoms with van der Waals surface area (Å²) in [6, 6.07) is 22.6. The summed E-state index contributed by atoms with van der Waals surface area (Å²) in [6.45, 7) is 1.76. The van der Waals surface area contributed by atoms with E-state index in [1.807, 2.05) is 28.7 Å². The first-order valence-corrected chi connectivity index (χ1v) is 9.70. The smallest absolute Gasteiger partial charge is 0.137 e. The predicted octanol–water partition coefficient (Wildman–Crippen LogP) is 4.76. The van der Waals surface area contributed by atoms with E-state index in [2.05, 4.69) is 65.2 Å². The summed E-state index contributed by atoms with van der Waals surface area (Å²) in [7, 11) is 0. The van der Waals surface area contributed by atoms with Gasteiger partial charge < -0.3 is 14.1 Å². The largest absolute Gasteiger partial charge is 0.456 e. The minimum absolute atomic E-state index is 0.844. The highest BCUT2D eigenvalue weighted by atomic mass is 16.3. The molecule has 0 radical (unpaired) electrons. The predicted molar refractivity (Wildman–Crippen MR) is 115 cm³/mol. The SMILES string of the molecule is c1ccc2oc(-c3ccc4nc(-c5ccc(C6=NCCN6)cc5)cn4c3)cc2c1. The maximum absolute atomic E-state index is 6.01. The second kappa shape index (κ2) is 6.34. The molecule has 5 nitrogen and oxygen atoms in total. The molecule has 0 bridgehead atoms. The molecule has 1 aliphatic heterocycles. The first-order valence-electron chi connectivity index (χ1n) is 9.70. The number of aromatic nitrogens is 2. The van der Waals surface area contributed by atoms with E-state index in [9.17, 15) is 0 Å². The fourth-order valence-corrected chi connectivity index (χ4v) is 3.79. The van der Waals surface area contributed by atoms with Crippen molar-refractivity contribution >= 4 is 22.5 Å². The van der Waals surface area contributed by atoms with Crippen LogP contribution in [0.25, 0.3) is 39.2 Å². The summed E-state index contributed by atoms with van der Waals surface area (Å²) in [4.78, 5) is 9.25. The van der Waals surface area contributed by atoms with Crippen LogP contribution in [-0.4, -0.2) is 28.3 Å². The van der Waals surface area contributed by atoms with Gasteiger partial charge in [0.2, 0.25) is 0 Å². The number of hydrogen-bond donors (Lipinski definition) is 1. The number of para-hydroxylation sites is 1. The van der Waals surface area contributed by atoms with E-state index in [-0.39, 0.29) is 0 Å². The Bertz CT molecular complexity index is 1340. The van der Waals surface area contributed by atoms with Crippen LogP contribution in [0.2, 0.25) is 0 Å². The molecule has 1 aliphatic rings. The molecule has 2 aromatic carbocycles. The van der Waals surface area contributed by atoms with Crippen LogP contribution in [0.5, 0.6) is 0 Å². The van der Waals surface area contributed by atoms with Gasteiger partial charge in [0.1, 0.15) is 22.8 Å². The molecule has 0 atom stereocenters. The molecule has 0 unspecified atom stereocenters. The Balaban J connectivity index is 1.36. The average molecular weight is 378 g/mol. The number of pyridine rings is 1. The van der Waals surface area contributed by atoms with Crippen LogP contribution in [-0.2, 0) is 0 Å². The molecule has 1 N–H and O–H groups in total. The van der Waals surface area contributed by atoms with Crippen molar-refractivity contribution in [3.05, 3.63) is 84.7 Å². The number of imidazole rings is 1. The van der Waals surface area contributed by atoms with Crippen LogP contribution in [0.3, 0.4) is 0 Å². The van der Waals surface area contributed by atoms with Gasteiger partial charge in [-0.15, -0.1) is 0 Å². The molecule has 5 aromatic rings.